The lowest BCUT2D eigenvalue weighted by Gasteiger charge is -2.26. The number of hydrogen-bond acceptors (Lipinski definition) is 3. The number of hydrogen-bond donors (Lipinski definition) is 1. The summed E-state index contributed by atoms with van der Waals surface area (Å²) in [4.78, 5) is 12.1. The Kier molecular flexibility index (Phi) is 3.10. The third kappa shape index (κ3) is 2.12. The molecule has 0 bridgehead atoms. The van der Waals surface area contributed by atoms with Crippen LogP contribution in [-0.4, -0.2) is 5.78 Å². The lowest BCUT2D eigenvalue weighted by molar-refractivity contribution is 0.0846. The van der Waals surface area contributed by atoms with Crippen molar-refractivity contribution < 1.29 is 13.9 Å². The summed E-state index contributed by atoms with van der Waals surface area (Å²) in [6.45, 7) is 0. The predicted octanol–water partition coefficient (Wildman–Crippen LogP) is 3.77. The number of ketones is 1. The van der Waals surface area contributed by atoms with Crippen molar-refractivity contribution in [3.05, 3.63) is 58.4 Å². The molecule has 0 amide bonds. The van der Waals surface area contributed by atoms with Gasteiger partial charge in [0.15, 0.2) is 5.78 Å². The summed E-state index contributed by atoms with van der Waals surface area (Å²) in [5, 5.41) is 0.246. The van der Waals surface area contributed by atoms with E-state index in [1.54, 1.807) is 24.3 Å². The van der Waals surface area contributed by atoms with Gasteiger partial charge in [0.2, 0.25) is 0 Å². The smallest absolute Gasteiger partial charge is 0.170 e. The van der Waals surface area contributed by atoms with Gasteiger partial charge in [0, 0.05) is 17.3 Å². The number of rotatable bonds is 1. The molecule has 1 unspecified atom stereocenters. The highest BCUT2D eigenvalue weighted by Crippen LogP contribution is 2.39. The van der Waals surface area contributed by atoms with Crippen molar-refractivity contribution in [2.75, 3.05) is 5.73 Å². The molecule has 102 valence electrons. The maximum Gasteiger partial charge on any atom is 0.170 e. The lowest BCUT2D eigenvalue weighted by atomic mass is 9.95. The van der Waals surface area contributed by atoms with Crippen LogP contribution in [0.15, 0.2) is 36.4 Å². The molecule has 0 radical (unpaired) electrons. The van der Waals surface area contributed by atoms with Crippen molar-refractivity contribution in [1.29, 1.82) is 0 Å². The summed E-state index contributed by atoms with van der Waals surface area (Å²) in [7, 11) is 0. The van der Waals surface area contributed by atoms with E-state index in [1.807, 2.05) is 0 Å². The van der Waals surface area contributed by atoms with Gasteiger partial charge in [-0.1, -0.05) is 17.7 Å². The summed E-state index contributed by atoms with van der Waals surface area (Å²) in [5.41, 5.74) is 6.83. The number of nitrogen functional groups attached to an aromatic ring is 1. The van der Waals surface area contributed by atoms with Crippen LogP contribution in [0.5, 0.6) is 5.75 Å². The average molecular weight is 292 g/mol. The summed E-state index contributed by atoms with van der Waals surface area (Å²) < 4.78 is 19.6. The molecular formula is C15H11ClFNO2. The van der Waals surface area contributed by atoms with Crippen molar-refractivity contribution in [3.63, 3.8) is 0 Å². The van der Waals surface area contributed by atoms with Gasteiger partial charge in [-0.05, 0) is 24.3 Å². The maximum absolute atomic E-state index is 13.9. The summed E-state index contributed by atoms with van der Waals surface area (Å²) in [6, 6.07) is 9.20. The standard InChI is InChI=1S/C15H11ClFNO2/c16-10-2-1-3-11(17)15(10)14-7-12(19)9-5-4-8(18)6-13(9)20-14/h1-6,14H,7,18H2. The molecule has 1 heterocycles. The van der Waals surface area contributed by atoms with E-state index in [4.69, 9.17) is 22.1 Å². The third-order valence-corrected chi connectivity index (χ3v) is 3.60. The first-order valence-corrected chi connectivity index (χ1v) is 6.47. The van der Waals surface area contributed by atoms with Crippen molar-refractivity contribution >= 4 is 23.1 Å². The second-order valence-electron chi connectivity index (χ2n) is 4.62. The van der Waals surface area contributed by atoms with E-state index in [2.05, 4.69) is 0 Å². The van der Waals surface area contributed by atoms with Crippen LogP contribution >= 0.6 is 11.6 Å². The average Bonchev–Trinajstić information content (AvgIpc) is 2.38. The van der Waals surface area contributed by atoms with Gasteiger partial charge in [0.05, 0.1) is 17.0 Å². The number of carbonyl (C=O) groups is 1. The molecule has 2 aromatic carbocycles. The number of ether oxygens (including phenoxy) is 1. The zero-order valence-electron chi connectivity index (χ0n) is 10.4. The minimum Gasteiger partial charge on any atom is -0.484 e. The molecule has 0 saturated carbocycles. The monoisotopic (exact) mass is 291 g/mol. The molecule has 20 heavy (non-hydrogen) atoms. The van der Waals surface area contributed by atoms with E-state index < -0.39 is 11.9 Å². The highest BCUT2D eigenvalue weighted by molar-refractivity contribution is 6.31. The Morgan fingerprint density at radius 2 is 2.10 bits per heavy atom. The number of benzene rings is 2. The van der Waals surface area contributed by atoms with Crippen LogP contribution in [0.4, 0.5) is 10.1 Å². The number of carbonyl (C=O) groups excluding carboxylic acids is 1. The molecule has 1 aliphatic rings. The van der Waals surface area contributed by atoms with Crippen LogP contribution in [0.1, 0.15) is 28.4 Å². The van der Waals surface area contributed by atoms with Crippen LogP contribution in [0, 0.1) is 5.82 Å². The first-order chi connectivity index (χ1) is 9.56. The van der Waals surface area contributed by atoms with Crippen LogP contribution < -0.4 is 10.5 Å². The van der Waals surface area contributed by atoms with E-state index in [9.17, 15) is 9.18 Å². The Labute approximate surface area is 120 Å². The first kappa shape index (κ1) is 12.9. The van der Waals surface area contributed by atoms with Crippen LogP contribution in [0.3, 0.4) is 0 Å². The van der Waals surface area contributed by atoms with Crippen LogP contribution in [0.2, 0.25) is 5.02 Å². The topological polar surface area (TPSA) is 52.3 Å². The van der Waals surface area contributed by atoms with E-state index in [0.29, 0.717) is 17.0 Å². The van der Waals surface area contributed by atoms with E-state index in [1.165, 1.54) is 12.1 Å². The van der Waals surface area contributed by atoms with Gasteiger partial charge in [0.25, 0.3) is 0 Å². The van der Waals surface area contributed by atoms with Gasteiger partial charge in [-0.3, -0.25) is 4.79 Å². The molecule has 0 aliphatic carbocycles. The Bertz CT molecular complexity index is 682. The Balaban J connectivity index is 2.05. The van der Waals surface area contributed by atoms with Crippen molar-refractivity contribution in [2.45, 2.75) is 12.5 Å². The first-order valence-electron chi connectivity index (χ1n) is 6.09. The number of nitrogens with two attached hydrogens (primary N) is 1. The Morgan fingerprint density at radius 1 is 1.30 bits per heavy atom. The Morgan fingerprint density at radius 3 is 2.85 bits per heavy atom. The second-order valence-corrected chi connectivity index (χ2v) is 5.03. The molecule has 0 saturated heterocycles. The molecule has 5 heteroatoms. The predicted molar refractivity (Wildman–Crippen MR) is 74.6 cm³/mol. The minimum atomic E-state index is -0.731. The number of anilines is 1. The zero-order valence-corrected chi connectivity index (χ0v) is 11.2. The van der Waals surface area contributed by atoms with Crippen LogP contribution in [0.25, 0.3) is 0 Å². The SMILES string of the molecule is Nc1ccc2c(c1)OC(c1c(F)cccc1Cl)CC2=O. The molecule has 0 spiro atoms. The van der Waals surface area contributed by atoms with Gasteiger partial charge in [0.1, 0.15) is 17.7 Å². The van der Waals surface area contributed by atoms with Gasteiger partial charge < -0.3 is 10.5 Å². The van der Waals surface area contributed by atoms with E-state index in [0.717, 1.165) is 0 Å². The zero-order chi connectivity index (χ0) is 14.3. The summed E-state index contributed by atoms with van der Waals surface area (Å²) >= 11 is 6.01. The normalized spacial score (nSPS) is 17.5. The van der Waals surface area contributed by atoms with Gasteiger partial charge in [-0.2, -0.15) is 0 Å². The number of Topliss-reactive ketones (excluding diaryl/α,β-unsaturated/α-hetero) is 1. The molecule has 2 N–H and O–H groups in total. The molecule has 0 aromatic heterocycles. The molecule has 1 atom stereocenters. The lowest BCUT2D eigenvalue weighted by Crippen LogP contribution is -2.21. The fourth-order valence-corrected chi connectivity index (χ4v) is 2.60. The molecule has 0 fully saturated rings. The third-order valence-electron chi connectivity index (χ3n) is 3.27. The second kappa shape index (κ2) is 4.80. The number of halogens is 2. The Hall–Kier alpha value is -2.07. The summed E-state index contributed by atoms with van der Waals surface area (Å²) in [5.74, 6) is -0.233. The number of fused-ring (bicyclic) bond motifs is 1. The fraction of sp³-hybridized carbons (Fsp3) is 0.133. The summed E-state index contributed by atoms with van der Waals surface area (Å²) in [6.07, 6.45) is -0.678. The van der Waals surface area contributed by atoms with Gasteiger partial charge >= 0.3 is 0 Å². The van der Waals surface area contributed by atoms with E-state index in [-0.39, 0.29) is 22.8 Å². The van der Waals surface area contributed by atoms with E-state index >= 15 is 0 Å². The van der Waals surface area contributed by atoms with Crippen molar-refractivity contribution in [3.8, 4) is 5.75 Å². The molecule has 2 aromatic rings. The maximum atomic E-state index is 13.9. The molecular weight excluding hydrogens is 281 g/mol. The van der Waals surface area contributed by atoms with Crippen LogP contribution in [-0.2, 0) is 0 Å². The fourth-order valence-electron chi connectivity index (χ4n) is 2.32. The van der Waals surface area contributed by atoms with Crippen molar-refractivity contribution in [2.24, 2.45) is 0 Å². The quantitative estimate of drug-likeness (QED) is 0.814. The molecule has 3 nitrogen and oxygen atoms in total. The largest absolute Gasteiger partial charge is 0.484 e. The van der Waals surface area contributed by atoms with Gasteiger partial charge in [-0.15, -0.1) is 0 Å². The van der Waals surface area contributed by atoms with Gasteiger partial charge in [-0.25, -0.2) is 4.39 Å². The highest BCUT2D eigenvalue weighted by Gasteiger charge is 2.30. The molecule has 1 aliphatic heterocycles. The highest BCUT2D eigenvalue weighted by atomic mass is 35.5. The minimum absolute atomic E-state index is 0.0531. The van der Waals surface area contributed by atoms with Crippen molar-refractivity contribution in [1.82, 2.24) is 0 Å². The molecule has 3 rings (SSSR count).